The summed E-state index contributed by atoms with van der Waals surface area (Å²) in [5, 5.41) is 13.2. The molecule has 0 saturated carbocycles. The molecule has 0 heterocycles. The minimum atomic E-state index is 1.01. The number of fused-ring (bicyclic) bond motifs is 6. The monoisotopic (exact) mass is 576 g/mol. The summed E-state index contributed by atoms with van der Waals surface area (Å²) in [5.74, 6) is 0. The van der Waals surface area contributed by atoms with Crippen molar-refractivity contribution in [1.82, 2.24) is 0 Å². The summed E-state index contributed by atoms with van der Waals surface area (Å²) in [6, 6.07) is 53.4. The number of thiol groups is 1. The molecule has 0 atom stereocenters. The van der Waals surface area contributed by atoms with Crippen LogP contribution in [0.15, 0.2) is 150 Å². The number of benzene rings is 9. The van der Waals surface area contributed by atoms with Crippen LogP contribution in [0.2, 0.25) is 0 Å². The molecule has 0 fully saturated rings. The van der Waals surface area contributed by atoms with Gasteiger partial charge in [-0.2, -0.15) is 0 Å². The smallest absolute Gasteiger partial charge is 0.0197 e. The second-order valence-corrected chi connectivity index (χ2v) is 12.3. The first-order chi connectivity index (χ1) is 21.7. The lowest BCUT2D eigenvalue weighted by molar-refractivity contribution is 1.39. The molecule has 9 rings (SSSR count). The highest BCUT2D eigenvalue weighted by Gasteiger charge is 2.18. The van der Waals surface area contributed by atoms with Crippen molar-refractivity contribution in [3.8, 4) is 33.4 Å². The van der Waals surface area contributed by atoms with Gasteiger partial charge in [-0.3, -0.25) is 0 Å². The van der Waals surface area contributed by atoms with Gasteiger partial charge in [0.05, 0.1) is 0 Å². The molecule has 206 valence electrons. The Morgan fingerprint density at radius 1 is 0.341 bits per heavy atom. The molecular formula is C43H28S. The molecule has 9 aromatic rings. The normalized spacial score (nSPS) is 11.9. The molecule has 0 spiro atoms. The van der Waals surface area contributed by atoms with Gasteiger partial charge in [0.2, 0.25) is 0 Å². The van der Waals surface area contributed by atoms with E-state index in [1.165, 1.54) is 81.7 Å². The predicted molar refractivity (Wildman–Crippen MR) is 193 cm³/mol. The fourth-order valence-corrected chi connectivity index (χ4v) is 7.81. The Balaban J connectivity index is 1.33. The summed E-state index contributed by atoms with van der Waals surface area (Å²) in [4.78, 5) is 1.01. The van der Waals surface area contributed by atoms with Crippen LogP contribution in [0.5, 0.6) is 0 Å². The average molecular weight is 577 g/mol. The van der Waals surface area contributed by atoms with E-state index in [1.807, 2.05) is 0 Å². The Kier molecular flexibility index (Phi) is 5.60. The minimum Gasteiger partial charge on any atom is -0.142 e. The van der Waals surface area contributed by atoms with Crippen molar-refractivity contribution >= 4 is 66.5 Å². The van der Waals surface area contributed by atoms with E-state index in [-0.39, 0.29) is 0 Å². The molecule has 0 aromatic heterocycles. The molecule has 44 heavy (non-hydrogen) atoms. The maximum atomic E-state index is 5.10. The number of hydrogen-bond donors (Lipinski definition) is 1. The molecular weight excluding hydrogens is 549 g/mol. The molecule has 0 aliphatic heterocycles. The van der Waals surface area contributed by atoms with Gasteiger partial charge in [-0.05, 0) is 118 Å². The summed E-state index contributed by atoms with van der Waals surface area (Å²) >= 11 is 5.10. The highest BCUT2D eigenvalue weighted by atomic mass is 32.1. The van der Waals surface area contributed by atoms with E-state index < -0.39 is 0 Å². The van der Waals surface area contributed by atoms with Crippen molar-refractivity contribution < 1.29 is 0 Å². The van der Waals surface area contributed by atoms with Crippen LogP contribution < -0.4 is 0 Å². The van der Waals surface area contributed by atoms with Crippen LogP contribution in [0, 0.1) is 6.92 Å². The standard InChI is InChI=1S/C43H28S/c1-26-11-2-3-14-30(26)38-22-9-19-31(43(38)44)28-13-8-12-27(23-28)29-24-39-34-17-6-4-15-32(34)36-20-10-21-37-33-16-5-7-18-35(33)40(25-29)42(39)41(36)37/h2-25,44H,1H3. The van der Waals surface area contributed by atoms with Crippen molar-refractivity contribution in [3.05, 3.63) is 151 Å². The summed E-state index contributed by atoms with van der Waals surface area (Å²) in [6.45, 7) is 2.16. The largest absolute Gasteiger partial charge is 0.142 e. The van der Waals surface area contributed by atoms with Gasteiger partial charge in [-0.25, -0.2) is 0 Å². The van der Waals surface area contributed by atoms with E-state index in [0.29, 0.717) is 0 Å². The highest BCUT2D eigenvalue weighted by Crippen LogP contribution is 2.46. The van der Waals surface area contributed by atoms with Crippen molar-refractivity contribution in [3.63, 3.8) is 0 Å². The topological polar surface area (TPSA) is 0 Å². The zero-order chi connectivity index (χ0) is 29.4. The molecule has 0 saturated heterocycles. The first-order valence-electron chi connectivity index (χ1n) is 15.2. The van der Waals surface area contributed by atoms with Gasteiger partial charge in [0.1, 0.15) is 0 Å². The van der Waals surface area contributed by atoms with Gasteiger partial charge in [0.25, 0.3) is 0 Å². The maximum Gasteiger partial charge on any atom is 0.0197 e. The zero-order valence-electron chi connectivity index (χ0n) is 24.3. The van der Waals surface area contributed by atoms with Crippen LogP contribution in [-0.4, -0.2) is 0 Å². The molecule has 0 bridgehead atoms. The molecule has 0 aliphatic rings. The van der Waals surface area contributed by atoms with E-state index >= 15 is 0 Å². The van der Waals surface area contributed by atoms with Crippen molar-refractivity contribution in [2.45, 2.75) is 11.8 Å². The molecule has 0 unspecified atom stereocenters. The number of aryl methyl sites for hydroxylation is 1. The molecule has 0 nitrogen and oxygen atoms in total. The van der Waals surface area contributed by atoms with Crippen LogP contribution in [0.25, 0.3) is 87.2 Å². The maximum absolute atomic E-state index is 5.10. The lowest BCUT2D eigenvalue weighted by Crippen LogP contribution is -1.91. The fourth-order valence-electron chi connectivity index (χ4n) is 7.41. The Morgan fingerprint density at radius 2 is 0.795 bits per heavy atom. The van der Waals surface area contributed by atoms with Crippen molar-refractivity contribution in [2.75, 3.05) is 0 Å². The molecule has 0 amide bonds. The highest BCUT2D eigenvalue weighted by molar-refractivity contribution is 7.80. The second kappa shape index (κ2) is 9.71. The van der Waals surface area contributed by atoms with Gasteiger partial charge < -0.3 is 0 Å². The van der Waals surface area contributed by atoms with Crippen LogP contribution >= 0.6 is 12.6 Å². The average Bonchev–Trinajstić information content (AvgIpc) is 3.08. The number of hydrogen-bond acceptors (Lipinski definition) is 1. The summed E-state index contributed by atoms with van der Waals surface area (Å²) in [7, 11) is 0. The SMILES string of the molecule is Cc1ccccc1-c1cccc(-c2cccc(-c3cc4c5ccccc5c5cccc6c7ccccc7c(c3)c4c56)c2)c1S. The van der Waals surface area contributed by atoms with E-state index in [9.17, 15) is 0 Å². The number of rotatable bonds is 3. The van der Waals surface area contributed by atoms with Gasteiger partial charge in [0, 0.05) is 4.90 Å². The van der Waals surface area contributed by atoms with E-state index in [2.05, 4.69) is 153 Å². The summed E-state index contributed by atoms with van der Waals surface area (Å²) in [5.41, 5.74) is 8.38. The van der Waals surface area contributed by atoms with Crippen LogP contribution in [-0.2, 0) is 0 Å². The Morgan fingerprint density at radius 3 is 1.45 bits per heavy atom. The fraction of sp³-hybridized carbons (Fsp3) is 0.0233. The van der Waals surface area contributed by atoms with Crippen LogP contribution in [0.3, 0.4) is 0 Å². The third-order valence-corrected chi connectivity index (χ3v) is 9.93. The molecule has 0 N–H and O–H groups in total. The van der Waals surface area contributed by atoms with Crippen molar-refractivity contribution in [2.24, 2.45) is 0 Å². The lowest BCUT2D eigenvalue weighted by Gasteiger charge is -2.19. The molecule has 9 aromatic carbocycles. The summed E-state index contributed by atoms with van der Waals surface area (Å²) < 4.78 is 0. The summed E-state index contributed by atoms with van der Waals surface area (Å²) in [6.07, 6.45) is 0. The first kappa shape index (κ1) is 25.4. The predicted octanol–water partition coefficient (Wildman–Crippen LogP) is 12.5. The Hall–Kier alpha value is -5.11. The first-order valence-corrected chi connectivity index (χ1v) is 15.6. The third kappa shape index (κ3) is 3.66. The third-order valence-electron chi connectivity index (χ3n) is 9.45. The van der Waals surface area contributed by atoms with E-state index in [1.54, 1.807) is 0 Å². The van der Waals surface area contributed by atoms with Gasteiger partial charge >= 0.3 is 0 Å². The van der Waals surface area contributed by atoms with Gasteiger partial charge in [-0.1, -0.05) is 127 Å². The molecule has 0 radical (unpaired) electrons. The minimum absolute atomic E-state index is 1.01. The lowest BCUT2D eigenvalue weighted by atomic mass is 9.84. The van der Waals surface area contributed by atoms with E-state index in [0.717, 1.165) is 16.0 Å². The van der Waals surface area contributed by atoms with Crippen molar-refractivity contribution in [1.29, 1.82) is 0 Å². The quantitative estimate of drug-likeness (QED) is 0.121. The molecule has 0 aliphatic carbocycles. The molecule has 1 heteroatoms. The van der Waals surface area contributed by atoms with Crippen LogP contribution in [0.4, 0.5) is 0 Å². The van der Waals surface area contributed by atoms with Gasteiger partial charge in [-0.15, -0.1) is 12.6 Å². The zero-order valence-corrected chi connectivity index (χ0v) is 25.2. The van der Waals surface area contributed by atoms with Crippen LogP contribution in [0.1, 0.15) is 5.56 Å². The van der Waals surface area contributed by atoms with Gasteiger partial charge in [0.15, 0.2) is 0 Å². The Bertz CT molecular complexity index is 2470. The Labute approximate surface area is 262 Å². The van der Waals surface area contributed by atoms with E-state index in [4.69, 9.17) is 12.6 Å². The second-order valence-electron chi connectivity index (χ2n) is 11.9.